The van der Waals surface area contributed by atoms with Crippen LogP contribution in [0.25, 0.3) is 11.0 Å². The van der Waals surface area contributed by atoms with Gasteiger partial charge in [-0.1, -0.05) is 15.9 Å². The minimum absolute atomic E-state index is 0.727. The zero-order valence-corrected chi connectivity index (χ0v) is 9.84. The molecule has 1 aliphatic rings. The fraction of sp³-hybridized carbons (Fsp3) is 0.364. The molecule has 78 valence electrons. The van der Waals surface area contributed by atoms with Crippen molar-refractivity contribution < 1.29 is 0 Å². The van der Waals surface area contributed by atoms with Gasteiger partial charge in [0.05, 0.1) is 17.6 Å². The summed E-state index contributed by atoms with van der Waals surface area (Å²) in [5, 5.41) is 3.44. The van der Waals surface area contributed by atoms with Crippen molar-refractivity contribution in [1.29, 1.82) is 0 Å². The van der Waals surface area contributed by atoms with Crippen LogP contribution in [0, 0.1) is 0 Å². The highest BCUT2D eigenvalue weighted by Crippen LogP contribution is 2.20. The van der Waals surface area contributed by atoms with Gasteiger partial charge in [-0.15, -0.1) is 0 Å². The van der Waals surface area contributed by atoms with Crippen LogP contribution in [0.4, 0.5) is 0 Å². The van der Waals surface area contributed by atoms with E-state index in [1.165, 1.54) is 12.8 Å². The van der Waals surface area contributed by atoms with Crippen molar-refractivity contribution in [2.75, 3.05) is 0 Å². The van der Waals surface area contributed by atoms with Gasteiger partial charge in [0.15, 0.2) is 0 Å². The lowest BCUT2D eigenvalue weighted by Crippen LogP contribution is -2.16. The van der Waals surface area contributed by atoms with Crippen LogP contribution in [0.1, 0.15) is 18.7 Å². The second-order valence-electron chi connectivity index (χ2n) is 4.00. The molecule has 0 unspecified atom stereocenters. The van der Waals surface area contributed by atoms with Crippen LogP contribution in [-0.4, -0.2) is 16.0 Å². The maximum absolute atomic E-state index is 4.51. The fourth-order valence-electron chi connectivity index (χ4n) is 1.65. The molecule has 0 aliphatic heterocycles. The van der Waals surface area contributed by atoms with Gasteiger partial charge in [-0.25, -0.2) is 4.98 Å². The van der Waals surface area contributed by atoms with Gasteiger partial charge in [-0.2, -0.15) is 0 Å². The zero-order chi connectivity index (χ0) is 10.3. The van der Waals surface area contributed by atoms with Crippen LogP contribution in [0.2, 0.25) is 0 Å². The summed E-state index contributed by atoms with van der Waals surface area (Å²) in [5.74, 6) is 1.02. The summed E-state index contributed by atoms with van der Waals surface area (Å²) in [6, 6.07) is 6.82. The van der Waals surface area contributed by atoms with Crippen LogP contribution in [0.15, 0.2) is 22.7 Å². The van der Waals surface area contributed by atoms with E-state index < -0.39 is 0 Å². The average molecular weight is 266 g/mol. The van der Waals surface area contributed by atoms with E-state index in [9.17, 15) is 0 Å². The average Bonchev–Trinajstić information content (AvgIpc) is 2.95. The monoisotopic (exact) mass is 265 g/mol. The third kappa shape index (κ3) is 2.06. The molecule has 1 aromatic carbocycles. The molecule has 1 aromatic heterocycles. The second-order valence-corrected chi connectivity index (χ2v) is 4.92. The maximum atomic E-state index is 4.51. The Morgan fingerprint density at radius 1 is 1.47 bits per heavy atom. The minimum Gasteiger partial charge on any atom is -0.341 e. The van der Waals surface area contributed by atoms with Gasteiger partial charge in [0.25, 0.3) is 0 Å². The van der Waals surface area contributed by atoms with E-state index in [2.05, 4.69) is 37.3 Å². The summed E-state index contributed by atoms with van der Waals surface area (Å²) in [6.07, 6.45) is 2.62. The first kappa shape index (κ1) is 9.36. The van der Waals surface area contributed by atoms with Gasteiger partial charge in [0.1, 0.15) is 5.82 Å². The fourth-order valence-corrected chi connectivity index (χ4v) is 2.01. The number of aromatic amines is 1. The number of H-pyrrole nitrogens is 1. The Hall–Kier alpha value is -0.870. The van der Waals surface area contributed by atoms with Crippen molar-refractivity contribution >= 4 is 27.0 Å². The molecule has 3 nitrogen and oxygen atoms in total. The number of nitrogens with zero attached hydrogens (tertiary/aromatic N) is 1. The Bertz CT molecular complexity index is 488. The molecule has 2 aromatic rings. The lowest BCUT2D eigenvalue weighted by Gasteiger charge is -1.96. The van der Waals surface area contributed by atoms with Crippen LogP contribution in [0.5, 0.6) is 0 Å². The van der Waals surface area contributed by atoms with E-state index in [1.807, 2.05) is 12.1 Å². The first-order chi connectivity index (χ1) is 7.31. The Morgan fingerprint density at radius 2 is 2.33 bits per heavy atom. The van der Waals surface area contributed by atoms with Crippen molar-refractivity contribution in [1.82, 2.24) is 15.3 Å². The van der Waals surface area contributed by atoms with Crippen LogP contribution >= 0.6 is 15.9 Å². The molecule has 1 fully saturated rings. The molecule has 0 saturated heterocycles. The van der Waals surface area contributed by atoms with Gasteiger partial charge in [-0.3, -0.25) is 0 Å². The summed E-state index contributed by atoms with van der Waals surface area (Å²) >= 11 is 3.45. The van der Waals surface area contributed by atoms with E-state index in [0.717, 1.165) is 33.9 Å². The first-order valence-corrected chi connectivity index (χ1v) is 5.98. The van der Waals surface area contributed by atoms with Crippen molar-refractivity contribution in [3.63, 3.8) is 0 Å². The summed E-state index contributed by atoms with van der Waals surface area (Å²) in [7, 11) is 0. The van der Waals surface area contributed by atoms with Gasteiger partial charge in [0.2, 0.25) is 0 Å². The van der Waals surface area contributed by atoms with Crippen LogP contribution in [0.3, 0.4) is 0 Å². The van der Waals surface area contributed by atoms with Gasteiger partial charge in [0, 0.05) is 10.5 Å². The van der Waals surface area contributed by atoms with Gasteiger partial charge >= 0.3 is 0 Å². The molecule has 1 heterocycles. The SMILES string of the molecule is Brc1ccc2nc(CNC3CC3)[nH]c2c1. The van der Waals surface area contributed by atoms with E-state index in [0.29, 0.717) is 0 Å². The number of halogens is 1. The zero-order valence-electron chi connectivity index (χ0n) is 8.26. The van der Waals surface area contributed by atoms with Gasteiger partial charge in [-0.05, 0) is 31.0 Å². The summed E-state index contributed by atoms with van der Waals surface area (Å²) in [5.41, 5.74) is 2.13. The molecule has 0 spiro atoms. The second kappa shape index (κ2) is 3.61. The summed E-state index contributed by atoms with van der Waals surface area (Å²) in [4.78, 5) is 7.83. The van der Waals surface area contributed by atoms with Crippen molar-refractivity contribution in [2.24, 2.45) is 0 Å². The Labute approximate surface area is 96.4 Å². The van der Waals surface area contributed by atoms with Crippen molar-refractivity contribution in [3.05, 3.63) is 28.5 Å². The molecule has 0 bridgehead atoms. The number of aromatic nitrogens is 2. The summed E-state index contributed by atoms with van der Waals surface area (Å²) in [6.45, 7) is 0.844. The highest BCUT2D eigenvalue weighted by molar-refractivity contribution is 9.10. The number of benzene rings is 1. The van der Waals surface area contributed by atoms with Crippen LogP contribution in [-0.2, 0) is 6.54 Å². The minimum atomic E-state index is 0.727. The predicted molar refractivity (Wildman–Crippen MR) is 63.7 cm³/mol. The molecule has 4 heteroatoms. The lowest BCUT2D eigenvalue weighted by molar-refractivity contribution is 0.665. The number of hydrogen-bond donors (Lipinski definition) is 2. The normalized spacial score (nSPS) is 16.1. The van der Waals surface area contributed by atoms with Crippen molar-refractivity contribution in [2.45, 2.75) is 25.4 Å². The molecule has 3 rings (SSSR count). The number of nitrogens with one attached hydrogen (secondary N) is 2. The van der Waals surface area contributed by atoms with E-state index in [1.54, 1.807) is 0 Å². The first-order valence-electron chi connectivity index (χ1n) is 5.19. The molecular weight excluding hydrogens is 254 g/mol. The number of rotatable bonds is 3. The number of fused-ring (bicyclic) bond motifs is 1. The largest absolute Gasteiger partial charge is 0.341 e. The molecule has 15 heavy (non-hydrogen) atoms. The van der Waals surface area contributed by atoms with Crippen LogP contribution < -0.4 is 5.32 Å². The van der Waals surface area contributed by atoms with Crippen molar-refractivity contribution in [3.8, 4) is 0 Å². The molecule has 1 aliphatic carbocycles. The third-order valence-corrected chi connectivity index (χ3v) is 3.12. The topological polar surface area (TPSA) is 40.7 Å². The maximum Gasteiger partial charge on any atom is 0.121 e. The molecule has 2 N–H and O–H groups in total. The smallest absolute Gasteiger partial charge is 0.121 e. The number of hydrogen-bond acceptors (Lipinski definition) is 2. The number of imidazole rings is 1. The Kier molecular flexibility index (Phi) is 2.25. The standard InChI is InChI=1S/C11H12BrN3/c12-7-1-4-9-10(5-7)15-11(14-9)6-13-8-2-3-8/h1,4-5,8,13H,2-3,6H2,(H,14,15). The Morgan fingerprint density at radius 3 is 3.13 bits per heavy atom. The third-order valence-electron chi connectivity index (χ3n) is 2.63. The Balaban J connectivity index is 1.84. The van der Waals surface area contributed by atoms with Gasteiger partial charge < -0.3 is 10.3 Å². The molecule has 0 amide bonds. The van der Waals surface area contributed by atoms with E-state index in [-0.39, 0.29) is 0 Å². The summed E-state index contributed by atoms with van der Waals surface area (Å²) < 4.78 is 1.08. The van der Waals surface area contributed by atoms with E-state index in [4.69, 9.17) is 0 Å². The molecule has 0 atom stereocenters. The lowest BCUT2D eigenvalue weighted by atomic mass is 10.3. The quantitative estimate of drug-likeness (QED) is 0.896. The predicted octanol–water partition coefficient (Wildman–Crippen LogP) is 2.58. The molecule has 0 radical (unpaired) electrons. The molecule has 1 saturated carbocycles. The molecular formula is C11H12BrN3. The van der Waals surface area contributed by atoms with E-state index >= 15 is 0 Å². The highest BCUT2D eigenvalue weighted by atomic mass is 79.9. The highest BCUT2D eigenvalue weighted by Gasteiger charge is 2.20.